The summed E-state index contributed by atoms with van der Waals surface area (Å²) in [6, 6.07) is 3.18. The number of aliphatic hydroxyl groups excluding tert-OH is 2. The number of rotatable bonds is 18. The molecule has 1 aromatic rings. The molecule has 0 unspecified atom stereocenters. The van der Waals surface area contributed by atoms with Crippen LogP contribution in [-0.2, 0) is 39.9 Å². The Balaban J connectivity index is 2.21. The van der Waals surface area contributed by atoms with Gasteiger partial charge in [0, 0.05) is 5.92 Å². The number of hydrogen-bond acceptors (Lipinski definition) is 10. The quantitative estimate of drug-likeness (QED) is 0.0892. The normalized spacial score (nSPS) is 20.0. The average Bonchev–Trinajstić information content (AvgIpc) is 3.58. The highest BCUT2D eigenvalue weighted by atomic mass is 16.5. The molecule has 0 spiro atoms. The number of amides is 5. The van der Waals surface area contributed by atoms with Gasteiger partial charge < -0.3 is 47.3 Å². The molecular formula is C35H56N6O9. The highest BCUT2D eigenvalue weighted by Gasteiger charge is 2.42. The third-order valence-electron chi connectivity index (χ3n) is 9.09. The van der Waals surface area contributed by atoms with Crippen molar-refractivity contribution in [1.82, 2.24) is 26.6 Å². The van der Waals surface area contributed by atoms with Crippen LogP contribution in [0.25, 0.3) is 0 Å². The van der Waals surface area contributed by atoms with E-state index in [9.17, 15) is 33.9 Å². The molecule has 15 heteroatoms. The van der Waals surface area contributed by atoms with Crippen molar-refractivity contribution in [1.29, 1.82) is 0 Å². The highest BCUT2D eigenvalue weighted by Crippen LogP contribution is 2.36. The topological polar surface area (TPSA) is 238 Å². The van der Waals surface area contributed by atoms with Crippen LogP contribution in [0.2, 0.25) is 0 Å². The SMILES string of the molecule is COC(=O)[C@@H](NC(=O)[C@@H](NC(=O)[C@@H]1CCC[C@@H]1[C@H](O)[C@H](Cc1ccccc1)NC(=O)[C@H](C)NC(=O)[C@H](C)NC(=O)[C@@H](N)CO)C(C)C)C(C)C. The first-order valence-corrected chi connectivity index (χ1v) is 17.2. The van der Waals surface area contributed by atoms with E-state index in [1.165, 1.54) is 21.0 Å². The molecule has 0 bridgehead atoms. The summed E-state index contributed by atoms with van der Waals surface area (Å²) in [6.45, 7) is 9.36. The summed E-state index contributed by atoms with van der Waals surface area (Å²) < 4.78 is 4.83. The molecule has 0 heterocycles. The van der Waals surface area contributed by atoms with Crippen molar-refractivity contribution in [3.05, 3.63) is 35.9 Å². The monoisotopic (exact) mass is 704 g/mol. The van der Waals surface area contributed by atoms with Crippen molar-refractivity contribution in [2.24, 2.45) is 29.4 Å². The summed E-state index contributed by atoms with van der Waals surface area (Å²) in [5.41, 5.74) is 6.32. The second kappa shape index (κ2) is 19.9. The summed E-state index contributed by atoms with van der Waals surface area (Å²) >= 11 is 0. The van der Waals surface area contributed by atoms with Gasteiger partial charge in [-0.1, -0.05) is 64.4 Å². The maximum absolute atomic E-state index is 13.7. The summed E-state index contributed by atoms with van der Waals surface area (Å²) in [5.74, 6) is -5.31. The molecule has 280 valence electrons. The second-order valence-electron chi connectivity index (χ2n) is 13.7. The third kappa shape index (κ3) is 12.1. The van der Waals surface area contributed by atoms with Gasteiger partial charge in [-0.25, -0.2) is 4.79 Å². The first-order valence-electron chi connectivity index (χ1n) is 17.2. The number of nitrogens with one attached hydrogen (secondary N) is 5. The molecule has 2 rings (SSSR count). The van der Waals surface area contributed by atoms with Gasteiger partial charge in [0.1, 0.15) is 30.2 Å². The molecule has 1 aliphatic carbocycles. The van der Waals surface area contributed by atoms with E-state index in [4.69, 9.17) is 15.6 Å². The smallest absolute Gasteiger partial charge is 0.328 e. The van der Waals surface area contributed by atoms with E-state index >= 15 is 0 Å². The Bertz CT molecular complexity index is 1310. The molecule has 1 saturated carbocycles. The van der Waals surface area contributed by atoms with Gasteiger partial charge in [0.25, 0.3) is 0 Å². The first-order chi connectivity index (χ1) is 23.5. The molecular weight excluding hydrogens is 648 g/mol. The van der Waals surface area contributed by atoms with Crippen LogP contribution >= 0.6 is 0 Å². The molecule has 50 heavy (non-hydrogen) atoms. The van der Waals surface area contributed by atoms with Gasteiger partial charge in [-0.2, -0.15) is 0 Å². The first kappa shape index (κ1) is 42.1. The van der Waals surface area contributed by atoms with E-state index in [2.05, 4.69) is 26.6 Å². The molecule has 15 nitrogen and oxygen atoms in total. The molecule has 0 saturated heterocycles. The maximum atomic E-state index is 13.7. The lowest BCUT2D eigenvalue weighted by Crippen LogP contribution is -2.58. The Morgan fingerprint density at radius 2 is 1.34 bits per heavy atom. The lowest BCUT2D eigenvalue weighted by Gasteiger charge is -2.33. The van der Waals surface area contributed by atoms with Gasteiger partial charge in [0.15, 0.2) is 0 Å². The van der Waals surface area contributed by atoms with E-state index in [0.29, 0.717) is 19.3 Å². The molecule has 9 atom stereocenters. The number of nitrogens with two attached hydrogens (primary N) is 1. The van der Waals surface area contributed by atoms with Crippen LogP contribution in [0.4, 0.5) is 0 Å². The van der Waals surface area contributed by atoms with E-state index in [-0.39, 0.29) is 18.3 Å². The summed E-state index contributed by atoms with van der Waals surface area (Å²) in [5, 5.41) is 34.2. The van der Waals surface area contributed by atoms with Crippen LogP contribution in [0, 0.1) is 23.7 Å². The molecule has 0 radical (unpaired) electrons. The number of hydrogen-bond donors (Lipinski definition) is 8. The van der Waals surface area contributed by atoms with Gasteiger partial charge in [-0.15, -0.1) is 0 Å². The van der Waals surface area contributed by atoms with Crippen LogP contribution in [0.15, 0.2) is 30.3 Å². The van der Waals surface area contributed by atoms with Crippen LogP contribution in [0.3, 0.4) is 0 Å². The minimum atomic E-state index is -1.20. The lowest BCUT2D eigenvalue weighted by molar-refractivity contribution is -0.147. The Kier molecular flexibility index (Phi) is 16.8. The van der Waals surface area contributed by atoms with Crippen molar-refractivity contribution in [3.8, 4) is 0 Å². The molecule has 1 aromatic carbocycles. The fourth-order valence-corrected chi connectivity index (χ4v) is 5.99. The predicted octanol–water partition coefficient (Wildman–Crippen LogP) is -0.725. The van der Waals surface area contributed by atoms with Crippen molar-refractivity contribution in [3.63, 3.8) is 0 Å². The molecule has 0 aliphatic heterocycles. The number of benzene rings is 1. The minimum Gasteiger partial charge on any atom is -0.467 e. The molecule has 5 amide bonds. The van der Waals surface area contributed by atoms with Crippen LogP contribution in [-0.4, -0.2) is 102 Å². The molecule has 1 fully saturated rings. The maximum Gasteiger partial charge on any atom is 0.328 e. The molecule has 9 N–H and O–H groups in total. The van der Waals surface area contributed by atoms with Gasteiger partial charge in [0.05, 0.1) is 25.9 Å². The van der Waals surface area contributed by atoms with Gasteiger partial charge in [-0.3, -0.25) is 24.0 Å². The number of ether oxygens (including phenoxy) is 1. The van der Waals surface area contributed by atoms with Crippen LogP contribution in [0.1, 0.15) is 66.4 Å². The lowest BCUT2D eigenvalue weighted by atomic mass is 9.84. The van der Waals surface area contributed by atoms with E-state index < -0.39 is 96.3 Å². The van der Waals surface area contributed by atoms with Gasteiger partial charge in [0.2, 0.25) is 29.5 Å². The van der Waals surface area contributed by atoms with Crippen molar-refractivity contribution in [2.45, 2.75) is 110 Å². The number of carbonyl (C=O) groups is 6. The largest absolute Gasteiger partial charge is 0.467 e. The van der Waals surface area contributed by atoms with E-state index in [0.717, 1.165) is 5.56 Å². The Morgan fingerprint density at radius 3 is 1.88 bits per heavy atom. The summed E-state index contributed by atoms with van der Waals surface area (Å²) in [7, 11) is 1.24. The Hall–Kier alpha value is -4.08. The van der Waals surface area contributed by atoms with Crippen molar-refractivity contribution >= 4 is 35.5 Å². The van der Waals surface area contributed by atoms with Gasteiger partial charge in [-0.05, 0) is 56.4 Å². The Labute approximate surface area is 294 Å². The van der Waals surface area contributed by atoms with E-state index in [1.807, 2.05) is 30.3 Å². The Morgan fingerprint density at radius 1 is 0.780 bits per heavy atom. The minimum absolute atomic E-state index is 0.228. The standard InChI is InChI=1S/C35H56N6O9/c1-18(2)27(34(48)41-28(19(3)4)35(49)50-7)40-32(46)24-15-11-14-23(24)29(43)26(16-22-12-9-8-10-13-22)39-31(45)21(6)37-30(44)20(5)38-33(47)25(36)17-42/h8-10,12-13,18-21,23-29,42-43H,11,14-17,36H2,1-7H3,(H,37,44)(H,38,47)(H,39,45)(H,40,46)(H,41,48)/t20-,21-,23-,24+,25-,26-,27-,28-,29-/m0/s1. The number of carbonyl (C=O) groups excluding carboxylic acids is 6. The van der Waals surface area contributed by atoms with Crippen LogP contribution < -0.4 is 32.3 Å². The highest BCUT2D eigenvalue weighted by molar-refractivity contribution is 5.93. The zero-order valence-corrected chi connectivity index (χ0v) is 30.1. The second-order valence-corrected chi connectivity index (χ2v) is 13.7. The zero-order chi connectivity index (χ0) is 37.7. The predicted molar refractivity (Wildman–Crippen MR) is 185 cm³/mol. The zero-order valence-electron chi connectivity index (χ0n) is 30.1. The third-order valence-corrected chi connectivity index (χ3v) is 9.09. The molecule has 1 aliphatic rings. The number of esters is 1. The van der Waals surface area contributed by atoms with Crippen molar-refractivity contribution in [2.75, 3.05) is 13.7 Å². The average molecular weight is 705 g/mol. The van der Waals surface area contributed by atoms with Crippen LogP contribution in [0.5, 0.6) is 0 Å². The van der Waals surface area contributed by atoms with Crippen molar-refractivity contribution < 1.29 is 43.7 Å². The number of methoxy groups -OCH3 is 1. The van der Waals surface area contributed by atoms with Gasteiger partial charge >= 0.3 is 5.97 Å². The summed E-state index contributed by atoms with van der Waals surface area (Å²) in [4.78, 5) is 77.4. The van der Waals surface area contributed by atoms with E-state index in [1.54, 1.807) is 27.7 Å². The fraction of sp³-hybridized carbons (Fsp3) is 0.657. The molecule has 0 aromatic heterocycles. The fourth-order valence-electron chi connectivity index (χ4n) is 5.99. The number of aliphatic hydroxyl groups is 2. The summed E-state index contributed by atoms with van der Waals surface area (Å²) in [6.07, 6.45) is 0.647.